The van der Waals surface area contributed by atoms with Crippen molar-refractivity contribution in [3.8, 4) is 11.4 Å². The van der Waals surface area contributed by atoms with Crippen LogP contribution in [0.3, 0.4) is 0 Å². The van der Waals surface area contributed by atoms with Crippen LogP contribution in [0.4, 0.5) is 15.9 Å². The van der Waals surface area contributed by atoms with Crippen molar-refractivity contribution in [1.82, 2.24) is 9.97 Å². The van der Waals surface area contributed by atoms with E-state index >= 15 is 0 Å². The standard InChI is InChI=1S/C20H19FN4O3/c1-2-16-11-19(22-12-18(26)14-4-3-5-15(21)10-14)24-20(23-16)13-6-8-17(9-7-13)25(27)28/h3-11,18,26H,2,12H2,1H3,(H,22,23,24). The summed E-state index contributed by atoms with van der Waals surface area (Å²) in [6.45, 7) is 2.09. The molecule has 0 saturated carbocycles. The summed E-state index contributed by atoms with van der Waals surface area (Å²) in [7, 11) is 0. The minimum Gasteiger partial charge on any atom is -0.387 e. The summed E-state index contributed by atoms with van der Waals surface area (Å²) in [5, 5.41) is 24.1. The fraction of sp³-hybridized carbons (Fsp3) is 0.200. The molecule has 0 aliphatic carbocycles. The molecule has 144 valence electrons. The van der Waals surface area contributed by atoms with Gasteiger partial charge >= 0.3 is 0 Å². The number of nitro groups is 1. The van der Waals surface area contributed by atoms with Gasteiger partial charge in [-0.2, -0.15) is 0 Å². The Bertz CT molecular complexity index is 979. The molecule has 3 rings (SSSR count). The van der Waals surface area contributed by atoms with Gasteiger partial charge in [0.2, 0.25) is 0 Å². The topological polar surface area (TPSA) is 101 Å². The highest BCUT2D eigenvalue weighted by Crippen LogP contribution is 2.22. The normalized spacial score (nSPS) is 11.8. The molecular formula is C20H19FN4O3. The van der Waals surface area contributed by atoms with E-state index in [9.17, 15) is 19.6 Å². The van der Waals surface area contributed by atoms with E-state index < -0.39 is 16.8 Å². The monoisotopic (exact) mass is 382 g/mol. The zero-order valence-corrected chi connectivity index (χ0v) is 15.2. The van der Waals surface area contributed by atoms with Crippen molar-refractivity contribution in [3.63, 3.8) is 0 Å². The van der Waals surface area contributed by atoms with Crippen LogP contribution in [0.25, 0.3) is 11.4 Å². The van der Waals surface area contributed by atoms with Crippen LogP contribution in [-0.4, -0.2) is 26.5 Å². The van der Waals surface area contributed by atoms with Gasteiger partial charge in [-0.15, -0.1) is 0 Å². The van der Waals surface area contributed by atoms with Crippen molar-refractivity contribution in [2.75, 3.05) is 11.9 Å². The van der Waals surface area contributed by atoms with E-state index in [-0.39, 0.29) is 12.2 Å². The van der Waals surface area contributed by atoms with Crippen molar-refractivity contribution in [2.24, 2.45) is 0 Å². The maximum atomic E-state index is 13.3. The first-order valence-corrected chi connectivity index (χ1v) is 8.76. The maximum absolute atomic E-state index is 13.3. The first-order chi connectivity index (χ1) is 13.5. The molecule has 0 amide bonds. The molecule has 1 atom stereocenters. The Morgan fingerprint density at radius 2 is 1.93 bits per heavy atom. The second kappa shape index (κ2) is 8.53. The number of aliphatic hydroxyl groups is 1. The van der Waals surface area contributed by atoms with Crippen LogP contribution in [-0.2, 0) is 6.42 Å². The molecule has 0 spiro atoms. The predicted octanol–water partition coefficient (Wildman–Crippen LogP) is 3.90. The minimum atomic E-state index is -0.904. The number of aliphatic hydroxyl groups excluding tert-OH is 1. The Labute approximate surface area is 161 Å². The zero-order chi connectivity index (χ0) is 20.1. The van der Waals surface area contributed by atoms with Crippen LogP contribution >= 0.6 is 0 Å². The smallest absolute Gasteiger partial charge is 0.269 e. The van der Waals surface area contributed by atoms with Gasteiger partial charge in [0.05, 0.1) is 11.0 Å². The summed E-state index contributed by atoms with van der Waals surface area (Å²) in [5.74, 6) is 0.528. The van der Waals surface area contributed by atoms with Gasteiger partial charge in [0, 0.05) is 36.0 Å². The largest absolute Gasteiger partial charge is 0.387 e. The van der Waals surface area contributed by atoms with E-state index in [1.54, 1.807) is 30.3 Å². The minimum absolute atomic E-state index is 0.00744. The summed E-state index contributed by atoms with van der Waals surface area (Å²) in [5.41, 5.74) is 1.89. The van der Waals surface area contributed by atoms with E-state index in [4.69, 9.17) is 0 Å². The highest BCUT2D eigenvalue weighted by Gasteiger charge is 2.12. The van der Waals surface area contributed by atoms with Crippen molar-refractivity contribution >= 4 is 11.5 Å². The molecule has 28 heavy (non-hydrogen) atoms. The molecule has 1 heterocycles. The summed E-state index contributed by atoms with van der Waals surface area (Å²) >= 11 is 0. The number of anilines is 1. The number of hydrogen-bond donors (Lipinski definition) is 2. The van der Waals surface area contributed by atoms with Crippen LogP contribution in [0.2, 0.25) is 0 Å². The molecule has 1 aromatic heterocycles. The van der Waals surface area contributed by atoms with E-state index in [0.29, 0.717) is 29.2 Å². The lowest BCUT2D eigenvalue weighted by Crippen LogP contribution is -2.14. The van der Waals surface area contributed by atoms with Crippen LogP contribution in [0.5, 0.6) is 0 Å². The quantitative estimate of drug-likeness (QED) is 0.475. The molecule has 0 fully saturated rings. The molecule has 2 aromatic carbocycles. The van der Waals surface area contributed by atoms with Crippen LogP contribution < -0.4 is 5.32 Å². The number of nitrogens with one attached hydrogen (secondary N) is 1. The van der Waals surface area contributed by atoms with Gasteiger partial charge in [-0.3, -0.25) is 10.1 Å². The van der Waals surface area contributed by atoms with E-state index in [2.05, 4.69) is 15.3 Å². The molecule has 0 radical (unpaired) electrons. The SMILES string of the molecule is CCc1cc(NCC(O)c2cccc(F)c2)nc(-c2ccc([N+](=O)[O-])cc2)n1. The lowest BCUT2D eigenvalue weighted by molar-refractivity contribution is -0.384. The van der Waals surface area contributed by atoms with Crippen molar-refractivity contribution in [3.05, 3.63) is 81.8 Å². The Hall–Kier alpha value is -3.39. The number of aryl methyl sites for hydroxylation is 1. The van der Waals surface area contributed by atoms with Gasteiger partial charge in [0.15, 0.2) is 5.82 Å². The third-order valence-corrected chi connectivity index (χ3v) is 4.19. The van der Waals surface area contributed by atoms with Crippen LogP contribution in [0, 0.1) is 15.9 Å². The summed E-state index contributed by atoms with van der Waals surface area (Å²) in [6, 6.07) is 13.6. The molecule has 1 unspecified atom stereocenters. The van der Waals surface area contributed by atoms with Crippen molar-refractivity contribution in [2.45, 2.75) is 19.4 Å². The average Bonchev–Trinajstić information content (AvgIpc) is 2.71. The number of aromatic nitrogens is 2. The van der Waals surface area contributed by atoms with Crippen molar-refractivity contribution < 1.29 is 14.4 Å². The van der Waals surface area contributed by atoms with E-state index in [0.717, 1.165) is 5.69 Å². The molecule has 0 saturated heterocycles. The van der Waals surface area contributed by atoms with Crippen molar-refractivity contribution in [1.29, 1.82) is 0 Å². The van der Waals surface area contributed by atoms with E-state index in [1.807, 2.05) is 6.92 Å². The first kappa shape index (κ1) is 19.4. The number of nitro benzene ring substituents is 1. The number of rotatable bonds is 7. The molecule has 8 heteroatoms. The van der Waals surface area contributed by atoms with Crippen LogP contribution in [0.1, 0.15) is 24.3 Å². The molecule has 3 aromatic rings. The zero-order valence-electron chi connectivity index (χ0n) is 15.2. The molecule has 0 bridgehead atoms. The number of hydrogen-bond acceptors (Lipinski definition) is 6. The fourth-order valence-electron chi connectivity index (χ4n) is 2.66. The van der Waals surface area contributed by atoms with Gasteiger partial charge < -0.3 is 10.4 Å². The van der Waals surface area contributed by atoms with Gasteiger partial charge in [0.25, 0.3) is 5.69 Å². The number of non-ortho nitro benzene ring substituents is 1. The average molecular weight is 382 g/mol. The molecule has 2 N–H and O–H groups in total. The van der Waals surface area contributed by atoms with Gasteiger partial charge in [-0.05, 0) is 36.2 Å². The van der Waals surface area contributed by atoms with Gasteiger partial charge in [0.1, 0.15) is 11.6 Å². The Morgan fingerprint density at radius 3 is 2.57 bits per heavy atom. The lowest BCUT2D eigenvalue weighted by Gasteiger charge is -2.14. The highest BCUT2D eigenvalue weighted by atomic mass is 19.1. The number of halogens is 1. The highest BCUT2D eigenvalue weighted by molar-refractivity contribution is 5.59. The number of benzene rings is 2. The fourth-order valence-corrected chi connectivity index (χ4v) is 2.66. The summed E-state index contributed by atoms with van der Waals surface area (Å²) in [4.78, 5) is 19.2. The molecular weight excluding hydrogens is 363 g/mol. The first-order valence-electron chi connectivity index (χ1n) is 8.76. The summed E-state index contributed by atoms with van der Waals surface area (Å²) < 4.78 is 13.3. The molecule has 7 nitrogen and oxygen atoms in total. The van der Waals surface area contributed by atoms with Gasteiger partial charge in [-0.25, -0.2) is 14.4 Å². The van der Waals surface area contributed by atoms with Crippen LogP contribution in [0.15, 0.2) is 54.6 Å². The van der Waals surface area contributed by atoms with Gasteiger partial charge in [-0.1, -0.05) is 19.1 Å². The molecule has 0 aliphatic rings. The molecule has 0 aliphatic heterocycles. The third kappa shape index (κ3) is 4.66. The third-order valence-electron chi connectivity index (χ3n) is 4.19. The second-order valence-electron chi connectivity index (χ2n) is 6.18. The summed E-state index contributed by atoms with van der Waals surface area (Å²) in [6.07, 6.45) is -0.234. The lowest BCUT2D eigenvalue weighted by atomic mass is 10.1. The number of nitrogens with zero attached hydrogens (tertiary/aromatic N) is 3. The second-order valence-corrected chi connectivity index (χ2v) is 6.18. The Kier molecular flexibility index (Phi) is 5.90. The Morgan fingerprint density at radius 1 is 1.18 bits per heavy atom. The predicted molar refractivity (Wildman–Crippen MR) is 103 cm³/mol. The maximum Gasteiger partial charge on any atom is 0.269 e. The Balaban J connectivity index is 1.79. The van der Waals surface area contributed by atoms with E-state index in [1.165, 1.54) is 24.3 Å².